The Labute approximate surface area is 252 Å². The lowest BCUT2D eigenvalue weighted by Gasteiger charge is -2.47. The van der Waals surface area contributed by atoms with E-state index in [1.54, 1.807) is 6.07 Å². The third-order valence-electron chi connectivity index (χ3n) is 8.38. The van der Waals surface area contributed by atoms with Crippen LogP contribution in [0.15, 0.2) is 24.3 Å². The Balaban J connectivity index is 2.00. The lowest BCUT2D eigenvalue weighted by Crippen LogP contribution is -2.66. The van der Waals surface area contributed by atoms with Crippen molar-refractivity contribution in [3.8, 4) is 11.5 Å². The molecule has 0 aliphatic carbocycles. The topological polar surface area (TPSA) is 245 Å². The number of amides is 1. The second-order valence-electron chi connectivity index (χ2n) is 11.1. The maximum Gasteiger partial charge on any atom is 0.340 e. The highest BCUT2D eigenvalue weighted by Crippen LogP contribution is 2.49. The fourth-order valence-electron chi connectivity index (χ4n) is 6.16. The molecular formula is C29H39NO14. The molecule has 11 atom stereocenters. The molecule has 0 spiro atoms. The number of aliphatic hydroxyl groups is 7. The van der Waals surface area contributed by atoms with Gasteiger partial charge >= 0.3 is 5.97 Å². The van der Waals surface area contributed by atoms with Gasteiger partial charge in [0.1, 0.15) is 54.2 Å². The van der Waals surface area contributed by atoms with E-state index in [0.717, 1.165) is 6.92 Å². The monoisotopic (exact) mass is 625 g/mol. The molecule has 0 aromatic heterocycles. The number of aliphatic carboxylic acids is 1. The van der Waals surface area contributed by atoms with Gasteiger partial charge in [-0.1, -0.05) is 12.1 Å². The molecular weight excluding hydrogens is 586 g/mol. The fourth-order valence-corrected chi connectivity index (χ4v) is 6.16. The van der Waals surface area contributed by atoms with Crippen molar-refractivity contribution in [3.63, 3.8) is 0 Å². The first kappa shape index (κ1) is 33.8. The summed E-state index contributed by atoms with van der Waals surface area (Å²) in [6, 6.07) is 4.54. The van der Waals surface area contributed by atoms with Crippen LogP contribution in [0.4, 0.5) is 0 Å². The summed E-state index contributed by atoms with van der Waals surface area (Å²) in [4.78, 5) is 25.2. The van der Waals surface area contributed by atoms with E-state index in [1.165, 1.54) is 39.3 Å². The van der Waals surface area contributed by atoms with Gasteiger partial charge < -0.3 is 65.1 Å². The van der Waals surface area contributed by atoms with E-state index < -0.39 is 91.5 Å². The fraction of sp³-hybridized carbons (Fsp3) is 0.586. The molecule has 9 N–H and O–H groups in total. The van der Waals surface area contributed by atoms with Crippen molar-refractivity contribution in [2.45, 2.75) is 86.8 Å². The van der Waals surface area contributed by atoms with Crippen LogP contribution in [0.3, 0.4) is 0 Å². The minimum atomic E-state index is -2.47. The summed E-state index contributed by atoms with van der Waals surface area (Å²) in [5, 5.41) is 87.3. The summed E-state index contributed by atoms with van der Waals surface area (Å²) in [6.07, 6.45) is -14.6. The van der Waals surface area contributed by atoms with Crippen LogP contribution in [0.1, 0.15) is 37.5 Å². The molecule has 0 unspecified atom stereocenters. The van der Waals surface area contributed by atoms with Crippen LogP contribution in [0, 0.1) is 0 Å². The van der Waals surface area contributed by atoms with Gasteiger partial charge in [-0.15, -0.1) is 0 Å². The van der Waals surface area contributed by atoms with E-state index in [1.807, 2.05) is 0 Å². The van der Waals surface area contributed by atoms with Crippen LogP contribution in [0.2, 0.25) is 0 Å². The van der Waals surface area contributed by atoms with Gasteiger partial charge in [0, 0.05) is 24.5 Å². The molecule has 4 rings (SSSR count). The highest BCUT2D eigenvalue weighted by molar-refractivity contribution is 5.97. The zero-order chi connectivity index (χ0) is 32.7. The van der Waals surface area contributed by atoms with E-state index in [2.05, 4.69) is 5.32 Å². The van der Waals surface area contributed by atoms with Crippen LogP contribution in [-0.4, -0.2) is 128 Å². The average molecular weight is 626 g/mol. The molecule has 1 amide bonds. The summed E-state index contributed by atoms with van der Waals surface area (Å²) in [7, 11) is 2.64. The number of nitrogens with one attached hydrogen (secondary N) is 1. The van der Waals surface area contributed by atoms with E-state index in [9.17, 15) is 50.4 Å². The average Bonchev–Trinajstić information content (AvgIpc) is 3.00. The number of ether oxygens (including phenoxy) is 4. The number of hydrogen-bond donors (Lipinski definition) is 9. The third-order valence-corrected chi connectivity index (χ3v) is 8.38. The van der Waals surface area contributed by atoms with Crippen molar-refractivity contribution in [1.29, 1.82) is 0 Å². The number of carboxylic acid groups (broad SMARTS) is 1. The van der Waals surface area contributed by atoms with Gasteiger partial charge in [0.25, 0.3) is 0 Å². The minimum absolute atomic E-state index is 0.00826. The van der Waals surface area contributed by atoms with Crippen LogP contribution >= 0.6 is 0 Å². The number of carbonyl (C=O) groups is 2. The minimum Gasteiger partial charge on any atom is -0.496 e. The molecule has 244 valence electrons. The Morgan fingerprint density at radius 1 is 1.00 bits per heavy atom. The quantitative estimate of drug-likeness (QED) is 0.147. The maximum absolute atomic E-state index is 13.2. The molecule has 2 heterocycles. The maximum atomic E-state index is 13.2. The Bertz CT molecular complexity index is 1370. The molecule has 15 heteroatoms. The zero-order valence-electron chi connectivity index (χ0n) is 24.5. The predicted molar refractivity (Wildman–Crippen MR) is 150 cm³/mol. The smallest absolute Gasteiger partial charge is 0.340 e. The summed E-state index contributed by atoms with van der Waals surface area (Å²) in [5.74, 6) is -2.06. The van der Waals surface area contributed by atoms with Gasteiger partial charge in [-0.2, -0.15) is 0 Å². The number of methoxy groups -OCH3 is 2. The number of rotatable bonds is 9. The second kappa shape index (κ2) is 13.1. The number of fused-ring (bicyclic) bond motifs is 1. The summed E-state index contributed by atoms with van der Waals surface area (Å²) < 4.78 is 23.1. The first-order chi connectivity index (χ1) is 20.7. The Hall–Kier alpha value is -3.12. The number of carboxylic acids is 1. The van der Waals surface area contributed by atoms with Crippen molar-refractivity contribution in [2.75, 3.05) is 20.8 Å². The largest absolute Gasteiger partial charge is 0.496 e. The molecule has 44 heavy (non-hydrogen) atoms. The van der Waals surface area contributed by atoms with Crippen LogP contribution in [0.25, 0.3) is 10.8 Å². The van der Waals surface area contributed by atoms with Crippen LogP contribution in [-0.2, 0) is 24.7 Å². The molecule has 15 nitrogen and oxygen atoms in total. The normalized spacial score (nSPS) is 33.8. The summed E-state index contributed by atoms with van der Waals surface area (Å²) >= 11 is 0. The van der Waals surface area contributed by atoms with Crippen molar-refractivity contribution in [1.82, 2.24) is 5.32 Å². The molecule has 2 aliphatic rings. The van der Waals surface area contributed by atoms with E-state index in [-0.39, 0.29) is 33.4 Å². The van der Waals surface area contributed by atoms with Gasteiger partial charge in [0.15, 0.2) is 5.60 Å². The van der Waals surface area contributed by atoms with E-state index in [0.29, 0.717) is 0 Å². The number of carbonyl (C=O) groups excluding carboxylic acids is 1. The first-order valence-electron chi connectivity index (χ1n) is 13.9. The van der Waals surface area contributed by atoms with E-state index in [4.69, 9.17) is 18.9 Å². The third kappa shape index (κ3) is 5.71. The SMILES string of the molecule is COc1ccc2c([C@@]3(C(=O)O)C[C@H](O)[C@@H](NC(C)=O)[C@H]([C@H](O)[C@H](O)CO)O3)c(OC)ccc2c1[C@H]1O[C@@H](C)[C@@H](O)[C@@H](O)[C@@H]1O. The molecule has 2 aliphatic heterocycles. The Morgan fingerprint density at radius 2 is 1.61 bits per heavy atom. The van der Waals surface area contributed by atoms with Crippen molar-refractivity contribution in [3.05, 3.63) is 35.4 Å². The molecule has 0 radical (unpaired) electrons. The highest BCUT2D eigenvalue weighted by atomic mass is 16.6. The Morgan fingerprint density at radius 3 is 2.18 bits per heavy atom. The molecule has 2 fully saturated rings. The van der Waals surface area contributed by atoms with Crippen LogP contribution < -0.4 is 14.8 Å². The second-order valence-corrected chi connectivity index (χ2v) is 11.1. The van der Waals surface area contributed by atoms with Gasteiger partial charge in [-0.05, 0) is 29.8 Å². The van der Waals surface area contributed by atoms with Gasteiger partial charge in [-0.3, -0.25) is 4.79 Å². The number of benzene rings is 2. The molecule has 2 aromatic rings. The van der Waals surface area contributed by atoms with E-state index >= 15 is 0 Å². The highest BCUT2D eigenvalue weighted by Gasteiger charge is 2.57. The van der Waals surface area contributed by atoms with Gasteiger partial charge in [0.05, 0.1) is 39.1 Å². The first-order valence-corrected chi connectivity index (χ1v) is 13.9. The van der Waals surface area contributed by atoms with Gasteiger partial charge in [0.2, 0.25) is 5.91 Å². The standard InChI is InChI=1S/C29H39NO14/c1-11-22(35)24(37)25(38)26(43-11)19-13-5-8-18(42-4)20(14(13)6-7-17(19)41-3)29(28(39)40)9-15(33)21(30-12(2)32)27(44-29)23(36)16(34)10-31/h5-8,11,15-16,21-27,31,33-38H,9-10H2,1-4H3,(H,30,32)(H,39,40)/t11-,15-,16+,21+,22+,23+,24+,25-,26+,27+,29+/m0/s1. The molecule has 0 saturated carbocycles. The van der Waals surface area contributed by atoms with Crippen LogP contribution in [0.5, 0.6) is 11.5 Å². The molecule has 2 saturated heterocycles. The summed E-state index contributed by atoms with van der Waals surface area (Å²) in [5.41, 5.74) is -2.38. The van der Waals surface area contributed by atoms with Crippen molar-refractivity contribution in [2.24, 2.45) is 0 Å². The summed E-state index contributed by atoms with van der Waals surface area (Å²) in [6.45, 7) is 1.71. The van der Waals surface area contributed by atoms with Crippen molar-refractivity contribution < 1.29 is 69.4 Å². The number of hydrogen-bond acceptors (Lipinski definition) is 13. The van der Waals surface area contributed by atoms with Crippen molar-refractivity contribution >= 4 is 22.6 Å². The number of aliphatic hydroxyl groups excluding tert-OH is 7. The lowest BCUT2D eigenvalue weighted by molar-refractivity contribution is -0.233. The molecule has 0 bridgehead atoms. The Kier molecular flexibility index (Phi) is 10.0. The molecule has 2 aromatic carbocycles. The van der Waals surface area contributed by atoms with Gasteiger partial charge in [-0.25, -0.2) is 4.79 Å². The zero-order valence-corrected chi connectivity index (χ0v) is 24.5. The lowest BCUT2D eigenvalue weighted by atomic mass is 9.77. The predicted octanol–water partition coefficient (Wildman–Crippen LogP) is -1.95.